The summed E-state index contributed by atoms with van der Waals surface area (Å²) in [5.74, 6) is 0.0549. The van der Waals surface area contributed by atoms with E-state index in [0.29, 0.717) is 4.90 Å². The monoisotopic (exact) mass is 353 g/mol. The lowest BCUT2D eigenvalue weighted by molar-refractivity contribution is -0.0932. The van der Waals surface area contributed by atoms with Crippen molar-refractivity contribution in [2.45, 2.75) is 31.3 Å². The minimum Gasteiger partial charge on any atom is -0.387 e. The van der Waals surface area contributed by atoms with Gasteiger partial charge in [-0.05, 0) is 34.8 Å². The normalized spacial score (nSPS) is 20.1. The molecule has 0 unspecified atom stereocenters. The second-order valence-electron chi connectivity index (χ2n) is 5.00. The summed E-state index contributed by atoms with van der Waals surface area (Å²) in [4.78, 5) is 1.10. The average Bonchev–Trinajstić information content (AvgIpc) is 2.53. The first kappa shape index (κ1) is 14.5. The lowest BCUT2D eigenvalue weighted by Gasteiger charge is -2.47. The van der Waals surface area contributed by atoms with Crippen molar-refractivity contribution in [1.29, 1.82) is 0 Å². The Morgan fingerprint density at radius 3 is 2.44 bits per heavy atom. The molecule has 0 radical (unpaired) electrons. The Labute approximate surface area is 120 Å². The maximum absolute atomic E-state index is 12.4. The second kappa shape index (κ2) is 4.56. The Kier molecular flexibility index (Phi) is 3.66. The molecular formula is C11H16BrNO3S2. The molecule has 0 bridgehead atoms. The van der Waals surface area contributed by atoms with Crippen molar-refractivity contribution >= 4 is 37.3 Å². The van der Waals surface area contributed by atoms with Gasteiger partial charge < -0.3 is 5.11 Å². The van der Waals surface area contributed by atoms with Crippen molar-refractivity contribution in [3.05, 3.63) is 14.7 Å². The van der Waals surface area contributed by atoms with Gasteiger partial charge in [0.15, 0.2) is 0 Å². The fourth-order valence-corrected chi connectivity index (χ4v) is 5.87. The summed E-state index contributed by atoms with van der Waals surface area (Å²) >= 11 is 4.70. The van der Waals surface area contributed by atoms with E-state index >= 15 is 0 Å². The molecule has 1 fully saturated rings. The molecule has 4 nitrogen and oxygen atoms in total. The van der Waals surface area contributed by atoms with Gasteiger partial charge in [-0.15, -0.1) is 11.3 Å². The topological polar surface area (TPSA) is 57.6 Å². The Morgan fingerprint density at radius 2 is 2.06 bits per heavy atom. The number of hydrogen-bond acceptors (Lipinski definition) is 4. The number of aryl methyl sites for hydroxylation is 1. The summed E-state index contributed by atoms with van der Waals surface area (Å²) in [6, 6.07) is 1.63. The zero-order valence-electron chi connectivity index (χ0n) is 10.5. The van der Waals surface area contributed by atoms with Gasteiger partial charge in [-0.1, -0.05) is 13.8 Å². The first-order valence-corrected chi connectivity index (χ1v) is 8.70. The lowest BCUT2D eigenvalue weighted by Crippen LogP contribution is -2.65. The van der Waals surface area contributed by atoms with E-state index in [1.54, 1.807) is 13.0 Å². The predicted molar refractivity (Wildman–Crippen MR) is 75.3 cm³/mol. The smallest absolute Gasteiger partial charge is 0.244 e. The summed E-state index contributed by atoms with van der Waals surface area (Å²) < 4.78 is 26.9. The predicted octanol–water partition coefficient (Wildman–Crippen LogP) is 2.21. The number of aliphatic hydroxyl groups is 1. The Hall–Kier alpha value is 0.0500. The van der Waals surface area contributed by atoms with Gasteiger partial charge in [0.1, 0.15) is 0 Å². The standard InChI is InChI=1S/C11H16BrNO3S2/c1-7(2)11(14)5-13(6-11)18(15,16)9-4-10(12)17-8(9)3/h4,7,14H,5-6H2,1-3H3. The summed E-state index contributed by atoms with van der Waals surface area (Å²) in [6.07, 6.45) is 0. The molecule has 1 aromatic rings. The number of halogens is 1. The number of nitrogens with zero attached hydrogens (tertiary/aromatic N) is 1. The van der Waals surface area contributed by atoms with Gasteiger partial charge >= 0.3 is 0 Å². The van der Waals surface area contributed by atoms with Crippen molar-refractivity contribution in [1.82, 2.24) is 4.31 Å². The van der Waals surface area contributed by atoms with Crippen LogP contribution in [0, 0.1) is 12.8 Å². The maximum Gasteiger partial charge on any atom is 0.244 e. The summed E-state index contributed by atoms with van der Waals surface area (Å²) in [6.45, 7) is 5.95. The number of sulfonamides is 1. The summed E-state index contributed by atoms with van der Waals surface area (Å²) in [7, 11) is -3.46. The van der Waals surface area contributed by atoms with E-state index < -0.39 is 15.6 Å². The molecule has 1 N–H and O–H groups in total. The zero-order valence-corrected chi connectivity index (χ0v) is 13.7. The Bertz CT molecular complexity index is 559. The molecule has 0 atom stereocenters. The van der Waals surface area contributed by atoms with E-state index in [9.17, 15) is 13.5 Å². The van der Waals surface area contributed by atoms with Crippen molar-refractivity contribution in [2.24, 2.45) is 5.92 Å². The van der Waals surface area contributed by atoms with Gasteiger partial charge in [0, 0.05) is 18.0 Å². The molecule has 0 aromatic carbocycles. The number of thiophene rings is 1. The zero-order chi connectivity index (χ0) is 13.7. The van der Waals surface area contributed by atoms with Crippen molar-refractivity contribution in [3.63, 3.8) is 0 Å². The molecule has 7 heteroatoms. The third-order valence-corrected chi connectivity index (χ3v) is 7.04. The van der Waals surface area contributed by atoms with Crippen LogP contribution in [0.25, 0.3) is 0 Å². The quantitative estimate of drug-likeness (QED) is 0.906. The van der Waals surface area contributed by atoms with E-state index in [-0.39, 0.29) is 19.0 Å². The number of rotatable bonds is 3. The van der Waals surface area contributed by atoms with E-state index in [2.05, 4.69) is 15.9 Å². The van der Waals surface area contributed by atoms with Gasteiger partial charge in [-0.3, -0.25) is 0 Å². The number of β-amino-alcohol motifs (C(OH)–C–C–N with tert-alkyl or cyclic N) is 1. The van der Waals surface area contributed by atoms with Crippen LogP contribution in [-0.4, -0.2) is 36.5 Å². The highest BCUT2D eigenvalue weighted by Crippen LogP contribution is 2.37. The van der Waals surface area contributed by atoms with Crippen LogP contribution in [0.15, 0.2) is 14.7 Å². The molecule has 1 saturated heterocycles. The molecule has 102 valence electrons. The largest absolute Gasteiger partial charge is 0.387 e. The average molecular weight is 354 g/mol. The fourth-order valence-electron chi connectivity index (χ4n) is 1.93. The van der Waals surface area contributed by atoms with Crippen LogP contribution in [0.1, 0.15) is 18.7 Å². The first-order valence-electron chi connectivity index (χ1n) is 5.65. The molecule has 1 aliphatic heterocycles. The van der Waals surface area contributed by atoms with Crippen molar-refractivity contribution in [2.75, 3.05) is 13.1 Å². The van der Waals surface area contributed by atoms with E-state index in [0.717, 1.165) is 8.66 Å². The molecule has 0 saturated carbocycles. The van der Waals surface area contributed by atoms with Crippen LogP contribution in [0.4, 0.5) is 0 Å². The van der Waals surface area contributed by atoms with Gasteiger partial charge in [0.05, 0.1) is 14.3 Å². The number of hydrogen-bond donors (Lipinski definition) is 1. The Morgan fingerprint density at radius 1 is 1.50 bits per heavy atom. The molecule has 2 rings (SSSR count). The minimum atomic E-state index is -3.46. The molecule has 1 aromatic heterocycles. The van der Waals surface area contributed by atoms with Gasteiger partial charge in [0.25, 0.3) is 0 Å². The van der Waals surface area contributed by atoms with Crippen LogP contribution in [0.5, 0.6) is 0 Å². The molecule has 0 spiro atoms. The van der Waals surface area contributed by atoms with Crippen LogP contribution in [-0.2, 0) is 10.0 Å². The summed E-state index contributed by atoms with van der Waals surface area (Å²) in [5, 5.41) is 10.1. The van der Waals surface area contributed by atoms with Crippen molar-refractivity contribution in [3.8, 4) is 0 Å². The molecule has 0 amide bonds. The van der Waals surface area contributed by atoms with Crippen LogP contribution < -0.4 is 0 Å². The summed E-state index contributed by atoms with van der Waals surface area (Å²) in [5.41, 5.74) is -0.881. The van der Waals surface area contributed by atoms with E-state index in [1.165, 1.54) is 15.6 Å². The molecule has 2 heterocycles. The Balaban J connectivity index is 2.23. The first-order chi connectivity index (χ1) is 8.17. The van der Waals surface area contributed by atoms with Gasteiger partial charge in [-0.25, -0.2) is 8.42 Å². The highest BCUT2D eigenvalue weighted by molar-refractivity contribution is 9.11. The van der Waals surface area contributed by atoms with Crippen LogP contribution in [0.3, 0.4) is 0 Å². The van der Waals surface area contributed by atoms with E-state index in [4.69, 9.17) is 0 Å². The second-order valence-corrected chi connectivity index (χ2v) is 9.54. The molecule has 1 aliphatic rings. The van der Waals surface area contributed by atoms with Gasteiger partial charge in [0.2, 0.25) is 10.0 Å². The van der Waals surface area contributed by atoms with Crippen LogP contribution >= 0.6 is 27.3 Å². The van der Waals surface area contributed by atoms with Gasteiger partial charge in [-0.2, -0.15) is 4.31 Å². The highest BCUT2D eigenvalue weighted by Gasteiger charge is 2.49. The SMILES string of the molecule is Cc1sc(Br)cc1S(=O)(=O)N1CC(O)(C(C)C)C1. The third-order valence-electron chi connectivity index (χ3n) is 3.43. The van der Waals surface area contributed by atoms with Crippen molar-refractivity contribution < 1.29 is 13.5 Å². The molecule has 0 aliphatic carbocycles. The van der Waals surface area contributed by atoms with Crippen LogP contribution in [0.2, 0.25) is 0 Å². The lowest BCUT2D eigenvalue weighted by atomic mass is 9.85. The minimum absolute atomic E-state index is 0.0549. The fraction of sp³-hybridized carbons (Fsp3) is 0.636. The highest BCUT2D eigenvalue weighted by atomic mass is 79.9. The molecular weight excluding hydrogens is 338 g/mol. The third kappa shape index (κ3) is 2.27. The maximum atomic E-state index is 12.4. The van der Waals surface area contributed by atoms with E-state index in [1.807, 2.05) is 13.8 Å². The molecule has 18 heavy (non-hydrogen) atoms.